The topological polar surface area (TPSA) is 42.4 Å². The molecule has 1 amide bonds. The Morgan fingerprint density at radius 1 is 1.32 bits per heavy atom. The van der Waals surface area contributed by atoms with E-state index in [9.17, 15) is 4.79 Å². The monoisotopic (exact) mass is 354 g/mol. The number of thioether (sulfide) groups is 1. The number of aromatic nitrogens is 1. The molecule has 4 nitrogen and oxygen atoms in total. The van der Waals surface area contributed by atoms with Gasteiger partial charge in [0.2, 0.25) is 0 Å². The number of pyridine rings is 1. The summed E-state index contributed by atoms with van der Waals surface area (Å²) >= 11 is 1.96. The zero-order chi connectivity index (χ0) is 17.3. The highest BCUT2D eigenvalue weighted by Gasteiger charge is 2.50. The first kappa shape index (κ1) is 16.6. The molecule has 5 heteroatoms. The molecule has 130 valence electrons. The van der Waals surface area contributed by atoms with Crippen molar-refractivity contribution >= 4 is 17.7 Å². The van der Waals surface area contributed by atoms with Crippen LogP contribution in [0.15, 0.2) is 48.8 Å². The SMILES string of the molecule is Cc1cccc(C(=O)N2CC3(CC(OCc4ccncc4)CS3)C2)c1. The normalized spacial score (nSPS) is 21.3. The summed E-state index contributed by atoms with van der Waals surface area (Å²) in [5.74, 6) is 1.16. The maximum Gasteiger partial charge on any atom is 0.253 e. The van der Waals surface area contributed by atoms with Crippen LogP contribution in [0.5, 0.6) is 0 Å². The zero-order valence-electron chi connectivity index (χ0n) is 14.4. The van der Waals surface area contributed by atoms with Crippen LogP contribution in [0.4, 0.5) is 0 Å². The first-order valence-corrected chi connectivity index (χ1v) is 9.63. The molecule has 4 rings (SSSR count). The summed E-state index contributed by atoms with van der Waals surface area (Å²) in [6, 6.07) is 11.8. The van der Waals surface area contributed by atoms with Crippen molar-refractivity contribution < 1.29 is 9.53 Å². The van der Waals surface area contributed by atoms with E-state index in [0.29, 0.717) is 6.61 Å². The Hall–Kier alpha value is -1.85. The highest BCUT2D eigenvalue weighted by Crippen LogP contribution is 2.46. The second-order valence-corrected chi connectivity index (χ2v) is 8.51. The van der Waals surface area contributed by atoms with Gasteiger partial charge in [-0.1, -0.05) is 17.7 Å². The minimum Gasteiger partial charge on any atom is -0.373 e. The van der Waals surface area contributed by atoms with Crippen molar-refractivity contribution in [3.05, 3.63) is 65.5 Å². The van der Waals surface area contributed by atoms with Gasteiger partial charge in [-0.25, -0.2) is 0 Å². The number of benzene rings is 1. The summed E-state index contributed by atoms with van der Waals surface area (Å²) in [5, 5.41) is 0. The average Bonchev–Trinajstić information content (AvgIpc) is 3.04. The lowest BCUT2D eigenvalue weighted by Crippen LogP contribution is -2.60. The molecule has 2 aliphatic rings. The molecular formula is C20H22N2O2S. The molecule has 2 fully saturated rings. The van der Waals surface area contributed by atoms with Crippen LogP contribution < -0.4 is 0 Å². The Morgan fingerprint density at radius 3 is 2.88 bits per heavy atom. The molecule has 0 aliphatic carbocycles. The molecule has 2 aromatic rings. The first-order valence-electron chi connectivity index (χ1n) is 8.64. The van der Waals surface area contributed by atoms with Crippen molar-refractivity contribution in [1.82, 2.24) is 9.88 Å². The summed E-state index contributed by atoms with van der Waals surface area (Å²) in [5.41, 5.74) is 3.08. The number of carbonyl (C=O) groups excluding carboxylic acids is 1. The fraction of sp³-hybridized carbons (Fsp3) is 0.400. The Kier molecular flexibility index (Phi) is 4.52. The van der Waals surface area contributed by atoms with Gasteiger partial charge in [-0.3, -0.25) is 9.78 Å². The Bertz CT molecular complexity index is 759. The number of hydrogen-bond acceptors (Lipinski definition) is 4. The largest absolute Gasteiger partial charge is 0.373 e. The van der Waals surface area contributed by atoms with Crippen molar-refractivity contribution in [2.24, 2.45) is 0 Å². The van der Waals surface area contributed by atoms with Gasteiger partial charge >= 0.3 is 0 Å². The Labute approximate surface area is 152 Å². The second-order valence-electron chi connectivity index (χ2n) is 7.02. The second kappa shape index (κ2) is 6.81. The van der Waals surface area contributed by atoms with E-state index in [1.54, 1.807) is 12.4 Å². The van der Waals surface area contributed by atoms with Crippen LogP contribution in [0.3, 0.4) is 0 Å². The quantitative estimate of drug-likeness (QED) is 0.845. The van der Waals surface area contributed by atoms with Crippen LogP contribution >= 0.6 is 11.8 Å². The molecule has 1 spiro atoms. The lowest BCUT2D eigenvalue weighted by atomic mass is 9.92. The number of ether oxygens (including phenoxy) is 1. The minimum atomic E-state index is 0.149. The van der Waals surface area contributed by atoms with Gasteiger partial charge < -0.3 is 9.64 Å². The van der Waals surface area contributed by atoms with Gasteiger partial charge in [0.15, 0.2) is 0 Å². The predicted molar refractivity (Wildman–Crippen MR) is 99.7 cm³/mol. The number of amides is 1. The summed E-state index contributed by atoms with van der Waals surface area (Å²) in [7, 11) is 0. The van der Waals surface area contributed by atoms with Gasteiger partial charge in [0.1, 0.15) is 0 Å². The maximum absolute atomic E-state index is 12.6. The molecule has 0 N–H and O–H groups in total. The predicted octanol–water partition coefficient (Wildman–Crippen LogP) is 3.31. The van der Waals surface area contributed by atoms with E-state index < -0.39 is 0 Å². The van der Waals surface area contributed by atoms with E-state index >= 15 is 0 Å². The summed E-state index contributed by atoms with van der Waals surface area (Å²) in [6.07, 6.45) is 4.89. The molecule has 1 aromatic carbocycles. The highest BCUT2D eigenvalue weighted by molar-refractivity contribution is 8.01. The third kappa shape index (κ3) is 3.58. The van der Waals surface area contributed by atoms with Crippen LogP contribution in [0, 0.1) is 6.92 Å². The lowest BCUT2D eigenvalue weighted by Gasteiger charge is -2.47. The van der Waals surface area contributed by atoms with Gasteiger partial charge in [-0.2, -0.15) is 0 Å². The van der Waals surface area contributed by atoms with Crippen molar-refractivity contribution in [2.45, 2.75) is 30.8 Å². The standard InChI is InChI=1S/C20H22N2O2S/c1-15-3-2-4-17(9-15)19(23)22-13-20(14-22)10-18(12-25-20)24-11-16-5-7-21-8-6-16/h2-9,18H,10-14H2,1H3. The number of rotatable bonds is 4. The molecule has 2 aliphatic heterocycles. The van der Waals surface area contributed by atoms with E-state index in [4.69, 9.17) is 4.74 Å². The van der Waals surface area contributed by atoms with Crippen molar-refractivity contribution in [1.29, 1.82) is 0 Å². The lowest BCUT2D eigenvalue weighted by molar-refractivity contribution is 0.0255. The Morgan fingerprint density at radius 2 is 2.12 bits per heavy atom. The molecular weight excluding hydrogens is 332 g/mol. The number of carbonyl (C=O) groups is 1. The van der Waals surface area contributed by atoms with E-state index in [1.165, 1.54) is 0 Å². The van der Waals surface area contributed by atoms with E-state index in [0.717, 1.165) is 42.0 Å². The molecule has 3 heterocycles. The van der Waals surface area contributed by atoms with Crippen LogP contribution in [0.2, 0.25) is 0 Å². The molecule has 25 heavy (non-hydrogen) atoms. The third-order valence-corrected chi connectivity index (χ3v) is 6.50. The fourth-order valence-electron chi connectivity index (χ4n) is 3.58. The molecule has 1 aromatic heterocycles. The van der Waals surface area contributed by atoms with E-state index in [1.807, 2.05) is 60.0 Å². The third-order valence-electron chi connectivity index (χ3n) is 4.92. The van der Waals surface area contributed by atoms with Gasteiger partial charge in [-0.05, 0) is 43.2 Å². The molecule has 0 saturated carbocycles. The number of hydrogen-bond donors (Lipinski definition) is 0. The fourth-order valence-corrected chi connectivity index (χ4v) is 5.13. The smallest absolute Gasteiger partial charge is 0.253 e. The van der Waals surface area contributed by atoms with Gasteiger partial charge in [0.05, 0.1) is 17.5 Å². The molecule has 1 atom stereocenters. The molecule has 2 saturated heterocycles. The summed E-state index contributed by atoms with van der Waals surface area (Å²) in [6.45, 7) is 4.32. The van der Waals surface area contributed by atoms with Crippen molar-refractivity contribution in [2.75, 3.05) is 18.8 Å². The van der Waals surface area contributed by atoms with Gasteiger partial charge in [-0.15, -0.1) is 11.8 Å². The summed E-state index contributed by atoms with van der Waals surface area (Å²) < 4.78 is 6.26. The van der Waals surface area contributed by atoms with Crippen LogP contribution in [0.1, 0.15) is 27.9 Å². The van der Waals surface area contributed by atoms with Gasteiger partial charge in [0.25, 0.3) is 5.91 Å². The average molecular weight is 354 g/mol. The minimum absolute atomic E-state index is 0.149. The van der Waals surface area contributed by atoms with Crippen LogP contribution in [0.25, 0.3) is 0 Å². The van der Waals surface area contributed by atoms with Crippen molar-refractivity contribution in [3.63, 3.8) is 0 Å². The first-order chi connectivity index (χ1) is 12.1. The van der Waals surface area contributed by atoms with Crippen molar-refractivity contribution in [3.8, 4) is 0 Å². The number of nitrogens with zero attached hydrogens (tertiary/aromatic N) is 2. The maximum atomic E-state index is 12.6. The summed E-state index contributed by atoms with van der Waals surface area (Å²) in [4.78, 5) is 18.6. The zero-order valence-corrected chi connectivity index (χ0v) is 15.2. The molecule has 1 unspecified atom stereocenters. The number of likely N-dealkylation sites (tertiary alicyclic amines) is 1. The molecule has 0 radical (unpaired) electrons. The van der Waals surface area contributed by atoms with Crippen LogP contribution in [-0.4, -0.2) is 45.5 Å². The van der Waals surface area contributed by atoms with Crippen LogP contribution in [-0.2, 0) is 11.3 Å². The Balaban J connectivity index is 1.29. The van der Waals surface area contributed by atoms with E-state index in [-0.39, 0.29) is 16.8 Å². The number of aryl methyl sites for hydroxylation is 1. The molecule has 0 bridgehead atoms. The van der Waals surface area contributed by atoms with Gasteiger partial charge in [0, 0.05) is 36.8 Å². The highest BCUT2D eigenvalue weighted by atomic mass is 32.2. The van der Waals surface area contributed by atoms with E-state index in [2.05, 4.69) is 4.98 Å².